The smallest absolute Gasteiger partial charge is 0.0773 e. The van der Waals surface area contributed by atoms with Crippen LogP contribution in [0.2, 0.25) is 0 Å². The maximum Gasteiger partial charge on any atom is 0.0773 e. The molecule has 1 unspecified atom stereocenters. The minimum atomic E-state index is -0.256. The second kappa shape index (κ2) is 35.9. The number of rotatable bonds is 35. The van der Waals surface area contributed by atoms with Crippen molar-refractivity contribution in [2.45, 2.75) is 225 Å². The highest BCUT2D eigenvalue weighted by atomic mass is 16.5. The highest BCUT2D eigenvalue weighted by Gasteiger charge is 2.04. The first-order chi connectivity index (χ1) is 19.3. The fraction of sp³-hybridized carbons (Fsp3) is 1.00. The lowest BCUT2D eigenvalue weighted by Crippen LogP contribution is -2.15. The van der Waals surface area contributed by atoms with E-state index in [9.17, 15) is 5.11 Å². The summed E-state index contributed by atoms with van der Waals surface area (Å²) in [6.45, 7) is 5.96. The van der Waals surface area contributed by atoms with E-state index in [1.54, 1.807) is 0 Å². The first-order valence-electron chi connectivity index (χ1n) is 18.6. The maximum absolute atomic E-state index is 10.2. The summed E-state index contributed by atoms with van der Waals surface area (Å²) in [4.78, 5) is 0. The zero-order valence-electron chi connectivity index (χ0n) is 27.5. The summed E-state index contributed by atoms with van der Waals surface area (Å²) in [5, 5.41) is 10.2. The van der Waals surface area contributed by atoms with Gasteiger partial charge in [-0.15, -0.1) is 0 Å². The number of aliphatic hydroxyl groups excluding tert-OH is 1. The first-order valence-corrected chi connectivity index (χ1v) is 18.6. The summed E-state index contributed by atoms with van der Waals surface area (Å²) in [6, 6.07) is 0. The van der Waals surface area contributed by atoms with Crippen LogP contribution in [0.5, 0.6) is 0 Å². The molecule has 0 heterocycles. The first kappa shape index (κ1) is 38.9. The predicted molar refractivity (Wildman–Crippen MR) is 176 cm³/mol. The summed E-state index contributed by atoms with van der Waals surface area (Å²) in [6.07, 6.45) is 44.0. The van der Waals surface area contributed by atoms with Gasteiger partial charge in [-0.25, -0.2) is 0 Å². The van der Waals surface area contributed by atoms with Crippen molar-refractivity contribution in [1.29, 1.82) is 0 Å². The van der Waals surface area contributed by atoms with E-state index in [1.807, 2.05) is 0 Å². The fourth-order valence-corrected chi connectivity index (χ4v) is 5.81. The Labute approximate surface area is 248 Å². The molecule has 0 radical (unpaired) electrons. The second-order valence-corrected chi connectivity index (χ2v) is 12.8. The van der Waals surface area contributed by atoms with Gasteiger partial charge in [-0.2, -0.15) is 0 Å². The number of unbranched alkanes of at least 4 members (excludes halogenated alkanes) is 29. The third-order valence-corrected chi connectivity index (χ3v) is 8.59. The van der Waals surface area contributed by atoms with Crippen molar-refractivity contribution in [2.75, 3.05) is 13.2 Å². The fourth-order valence-electron chi connectivity index (χ4n) is 5.81. The molecule has 2 heteroatoms. The van der Waals surface area contributed by atoms with Crippen LogP contribution in [0.1, 0.15) is 219 Å². The third kappa shape index (κ3) is 35.9. The van der Waals surface area contributed by atoms with Gasteiger partial charge in [-0.3, -0.25) is 0 Å². The molecule has 0 aromatic rings. The average Bonchev–Trinajstić information content (AvgIpc) is 2.94. The minimum absolute atomic E-state index is 0.256. The molecule has 0 aromatic carbocycles. The average molecular weight is 553 g/mol. The van der Waals surface area contributed by atoms with Crippen LogP contribution in [0, 0.1) is 0 Å². The largest absolute Gasteiger partial charge is 0.391 e. The highest BCUT2D eigenvalue weighted by molar-refractivity contribution is 4.56. The zero-order valence-corrected chi connectivity index (χ0v) is 27.5. The molecule has 0 aliphatic rings. The van der Waals surface area contributed by atoms with E-state index in [0.717, 1.165) is 25.9 Å². The van der Waals surface area contributed by atoms with Crippen LogP contribution < -0.4 is 0 Å². The molecule has 0 aromatic heterocycles. The summed E-state index contributed by atoms with van der Waals surface area (Å²) >= 11 is 0. The molecule has 0 bridgehead atoms. The number of hydrogen-bond acceptors (Lipinski definition) is 2. The van der Waals surface area contributed by atoms with Crippen LogP contribution in [-0.4, -0.2) is 24.4 Å². The van der Waals surface area contributed by atoms with Crippen LogP contribution in [0.4, 0.5) is 0 Å². The quantitative estimate of drug-likeness (QED) is 0.0792. The van der Waals surface area contributed by atoms with Crippen LogP contribution >= 0.6 is 0 Å². The molecule has 0 aliphatic heterocycles. The van der Waals surface area contributed by atoms with Crippen molar-refractivity contribution in [1.82, 2.24) is 0 Å². The van der Waals surface area contributed by atoms with Gasteiger partial charge in [0.15, 0.2) is 0 Å². The number of ether oxygens (including phenoxy) is 1. The SMILES string of the molecule is CCCCCCCCCCCCCCCCCCOCC(O)CCCCCCCCCCCCCCCCC. The van der Waals surface area contributed by atoms with Gasteiger partial charge in [0.25, 0.3) is 0 Å². The molecular weight excluding hydrogens is 476 g/mol. The standard InChI is InChI=1S/C37H76O2/c1-3-5-7-9-11-13-15-17-19-21-23-25-27-29-31-33-35-39-36-37(38)34-32-30-28-26-24-22-20-18-16-14-12-10-8-6-4-2/h37-38H,3-36H2,1-2H3. The van der Waals surface area contributed by atoms with Crippen LogP contribution in [0.15, 0.2) is 0 Å². The molecule has 0 amide bonds. The van der Waals surface area contributed by atoms with E-state index in [2.05, 4.69) is 13.8 Å². The topological polar surface area (TPSA) is 29.5 Å². The Hall–Kier alpha value is -0.0800. The van der Waals surface area contributed by atoms with E-state index >= 15 is 0 Å². The Kier molecular flexibility index (Phi) is 35.9. The molecule has 0 fully saturated rings. The lowest BCUT2D eigenvalue weighted by atomic mass is 10.0. The molecule has 39 heavy (non-hydrogen) atoms. The molecule has 0 rings (SSSR count). The van der Waals surface area contributed by atoms with E-state index in [0.29, 0.717) is 6.61 Å². The molecule has 0 spiro atoms. The van der Waals surface area contributed by atoms with Gasteiger partial charge in [0.2, 0.25) is 0 Å². The van der Waals surface area contributed by atoms with E-state index < -0.39 is 0 Å². The lowest BCUT2D eigenvalue weighted by molar-refractivity contribution is 0.0297. The van der Waals surface area contributed by atoms with Crippen molar-refractivity contribution >= 4 is 0 Å². The third-order valence-electron chi connectivity index (χ3n) is 8.59. The number of hydrogen-bond donors (Lipinski definition) is 1. The Balaban J connectivity index is 3.13. The van der Waals surface area contributed by atoms with Gasteiger partial charge < -0.3 is 9.84 Å². The Morgan fingerprint density at radius 2 is 0.615 bits per heavy atom. The van der Waals surface area contributed by atoms with Gasteiger partial charge in [0, 0.05) is 6.61 Å². The van der Waals surface area contributed by atoms with Crippen molar-refractivity contribution < 1.29 is 9.84 Å². The van der Waals surface area contributed by atoms with Crippen LogP contribution in [0.3, 0.4) is 0 Å². The second-order valence-electron chi connectivity index (χ2n) is 12.8. The summed E-state index contributed by atoms with van der Waals surface area (Å²) < 4.78 is 5.74. The zero-order chi connectivity index (χ0) is 28.3. The summed E-state index contributed by atoms with van der Waals surface area (Å²) in [5.41, 5.74) is 0. The van der Waals surface area contributed by atoms with Crippen LogP contribution in [-0.2, 0) is 4.74 Å². The summed E-state index contributed by atoms with van der Waals surface area (Å²) in [5.74, 6) is 0. The molecular formula is C37H76O2. The predicted octanol–water partition coefficient (Wildman–Crippen LogP) is 12.9. The molecule has 0 saturated heterocycles. The van der Waals surface area contributed by atoms with Gasteiger partial charge in [-0.05, 0) is 12.8 Å². The van der Waals surface area contributed by atoms with Crippen molar-refractivity contribution in [3.05, 3.63) is 0 Å². The Morgan fingerprint density at radius 3 is 0.923 bits per heavy atom. The molecule has 0 saturated carbocycles. The molecule has 0 aliphatic carbocycles. The van der Waals surface area contributed by atoms with Crippen LogP contribution in [0.25, 0.3) is 0 Å². The van der Waals surface area contributed by atoms with Crippen molar-refractivity contribution in [3.63, 3.8) is 0 Å². The van der Waals surface area contributed by atoms with E-state index in [1.165, 1.54) is 186 Å². The molecule has 236 valence electrons. The van der Waals surface area contributed by atoms with E-state index in [-0.39, 0.29) is 6.10 Å². The Morgan fingerprint density at radius 1 is 0.359 bits per heavy atom. The Bertz CT molecular complexity index is 410. The lowest BCUT2D eigenvalue weighted by Gasteiger charge is -2.11. The molecule has 2 nitrogen and oxygen atoms in total. The van der Waals surface area contributed by atoms with Gasteiger partial charge in [0.05, 0.1) is 12.7 Å². The van der Waals surface area contributed by atoms with Gasteiger partial charge in [-0.1, -0.05) is 206 Å². The highest BCUT2D eigenvalue weighted by Crippen LogP contribution is 2.15. The normalized spacial score (nSPS) is 12.4. The van der Waals surface area contributed by atoms with Crippen molar-refractivity contribution in [2.24, 2.45) is 0 Å². The minimum Gasteiger partial charge on any atom is -0.391 e. The van der Waals surface area contributed by atoms with Crippen molar-refractivity contribution in [3.8, 4) is 0 Å². The summed E-state index contributed by atoms with van der Waals surface area (Å²) in [7, 11) is 0. The number of aliphatic hydroxyl groups is 1. The van der Waals surface area contributed by atoms with E-state index in [4.69, 9.17) is 4.74 Å². The monoisotopic (exact) mass is 553 g/mol. The van der Waals surface area contributed by atoms with Gasteiger partial charge in [0.1, 0.15) is 0 Å². The van der Waals surface area contributed by atoms with Gasteiger partial charge >= 0.3 is 0 Å². The maximum atomic E-state index is 10.2. The molecule has 1 atom stereocenters. The molecule has 1 N–H and O–H groups in total.